The Labute approximate surface area is 169 Å². The third kappa shape index (κ3) is 5.71. The zero-order valence-electron chi connectivity index (χ0n) is 16.6. The fourth-order valence-corrected chi connectivity index (χ4v) is 2.55. The number of nitrogens with one attached hydrogen (secondary N) is 1. The van der Waals surface area contributed by atoms with Gasteiger partial charge in [0.15, 0.2) is 11.5 Å². The molecule has 0 unspecified atom stereocenters. The molecule has 0 atom stereocenters. The number of hydrogen-bond acceptors (Lipinski definition) is 6. The fraction of sp³-hybridized carbons (Fsp3) is 0.286. The van der Waals surface area contributed by atoms with Crippen molar-refractivity contribution in [1.82, 2.24) is 5.43 Å². The number of hydrazone groups is 1. The lowest BCUT2D eigenvalue weighted by atomic mass is 10.1. The molecule has 2 aromatic rings. The molecule has 29 heavy (non-hydrogen) atoms. The van der Waals surface area contributed by atoms with Crippen LogP contribution in [0.2, 0.25) is 0 Å². The average molecular weight is 400 g/mol. The van der Waals surface area contributed by atoms with Gasteiger partial charge in [-0.1, -0.05) is 18.2 Å². The normalized spacial score (nSPS) is 10.6. The largest absolute Gasteiger partial charge is 0.490 e. The molecule has 0 bridgehead atoms. The lowest BCUT2D eigenvalue weighted by Gasteiger charge is -2.16. The van der Waals surface area contributed by atoms with E-state index in [1.807, 2.05) is 20.8 Å². The second kappa shape index (κ2) is 10.7. The first-order chi connectivity index (χ1) is 14.0. The van der Waals surface area contributed by atoms with E-state index in [0.29, 0.717) is 42.6 Å². The Kier molecular flexibility index (Phi) is 8.02. The smallest absolute Gasteiger partial charge is 0.336 e. The van der Waals surface area contributed by atoms with E-state index in [2.05, 4.69) is 10.5 Å². The number of amides is 1. The van der Waals surface area contributed by atoms with Crippen molar-refractivity contribution >= 4 is 18.1 Å². The number of carboxylic acids is 1. The predicted molar refractivity (Wildman–Crippen MR) is 108 cm³/mol. The maximum atomic E-state index is 12.5. The van der Waals surface area contributed by atoms with Gasteiger partial charge in [-0.05, 0) is 39.0 Å². The van der Waals surface area contributed by atoms with Gasteiger partial charge in [0.05, 0.1) is 31.6 Å². The second-order valence-corrected chi connectivity index (χ2v) is 5.69. The summed E-state index contributed by atoms with van der Waals surface area (Å²) in [7, 11) is 0. The van der Waals surface area contributed by atoms with Gasteiger partial charge in [0.25, 0.3) is 5.91 Å². The third-order valence-electron chi connectivity index (χ3n) is 3.73. The van der Waals surface area contributed by atoms with Crippen LogP contribution in [0.25, 0.3) is 0 Å². The van der Waals surface area contributed by atoms with Gasteiger partial charge < -0.3 is 19.3 Å². The first-order valence-corrected chi connectivity index (χ1v) is 9.23. The van der Waals surface area contributed by atoms with Crippen molar-refractivity contribution in [2.24, 2.45) is 5.10 Å². The number of nitrogens with zero attached hydrogens (tertiary/aromatic N) is 1. The van der Waals surface area contributed by atoms with Gasteiger partial charge in [0.1, 0.15) is 0 Å². The minimum absolute atomic E-state index is 0.0869. The maximum Gasteiger partial charge on any atom is 0.336 e. The third-order valence-corrected chi connectivity index (χ3v) is 3.73. The van der Waals surface area contributed by atoms with Gasteiger partial charge in [-0.25, -0.2) is 10.2 Å². The van der Waals surface area contributed by atoms with Gasteiger partial charge in [-0.15, -0.1) is 0 Å². The van der Waals surface area contributed by atoms with Crippen LogP contribution in [0.3, 0.4) is 0 Å². The number of aromatic carboxylic acids is 1. The summed E-state index contributed by atoms with van der Waals surface area (Å²) in [5.41, 5.74) is 3.12. The molecule has 0 heterocycles. The summed E-state index contributed by atoms with van der Waals surface area (Å²) in [5, 5.41) is 13.1. The van der Waals surface area contributed by atoms with Gasteiger partial charge in [0.2, 0.25) is 5.75 Å². The highest BCUT2D eigenvalue weighted by molar-refractivity contribution is 5.99. The molecule has 0 saturated carbocycles. The molecule has 0 aliphatic rings. The first-order valence-electron chi connectivity index (χ1n) is 9.23. The Morgan fingerprint density at radius 1 is 1.00 bits per heavy atom. The van der Waals surface area contributed by atoms with E-state index in [1.54, 1.807) is 30.3 Å². The molecule has 8 heteroatoms. The summed E-state index contributed by atoms with van der Waals surface area (Å²) in [6, 6.07) is 9.45. The highest BCUT2D eigenvalue weighted by atomic mass is 16.5. The zero-order chi connectivity index (χ0) is 21.2. The van der Waals surface area contributed by atoms with E-state index in [-0.39, 0.29) is 11.1 Å². The van der Waals surface area contributed by atoms with E-state index >= 15 is 0 Å². The molecule has 2 rings (SSSR count). The van der Waals surface area contributed by atoms with Crippen molar-refractivity contribution in [2.45, 2.75) is 20.8 Å². The Bertz CT molecular complexity index is 867. The van der Waals surface area contributed by atoms with Crippen LogP contribution in [0.1, 0.15) is 47.1 Å². The quantitative estimate of drug-likeness (QED) is 0.468. The van der Waals surface area contributed by atoms with Gasteiger partial charge in [-0.2, -0.15) is 5.10 Å². The number of ether oxygens (including phenoxy) is 3. The summed E-state index contributed by atoms with van der Waals surface area (Å²) < 4.78 is 16.8. The molecule has 0 saturated heterocycles. The molecule has 1 amide bonds. The van der Waals surface area contributed by atoms with E-state index in [4.69, 9.17) is 14.2 Å². The number of benzene rings is 2. The molecule has 2 N–H and O–H groups in total. The van der Waals surface area contributed by atoms with Crippen LogP contribution in [0.4, 0.5) is 0 Å². The summed E-state index contributed by atoms with van der Waals surface area (Å²) in [6.45, 7) is 6.69. The minimum Gasteiger partial charge on any atom is -0.490 e. The van der Waals surface area contributed by atoms with Crippen LogP contribution < -0.4 is 19.6 Å². The van der Waals surface area contributed by atoms with Crippen LogP contribution in [-0.4, -0.2) is 43.0 Å². The molecule has 0 aliphatic heterocycles. The van der Waals surface area contributed by atoms with Crippen molar-refractivity contribution < 1.29 is 28.9 Å². The van der Waals surface area contributed by atoms with E-state index < -0.39 is 11.9 Å². The molecule has 0 aromatic heterocycles. The highest BCUT2D eigenvalue weighted by Crippen LogP contribution is 2.39. The standard InChI is InChI=1S/C21H24N2O6/c1-4-27-17-11-15(12-18(28-5-2)19(17)29-6-3)20(24)23-22-13-14-9-7-8-10-16(14)21(25)26/h7-13H,4-6H2,1-3H3,(H,23,24)(H,25,26)/b22-13-. The SMILES string of the molecule is CCOc1cc(C(=O)N/N=C\c2ccccc2C(=O)O)cc(OCC)c1OCC. The molecule has 0 aliphatic carbocycles. The first kappa shape index (κ1) is 21.7. The lowest BCUT2D eigenvalue weighted by Crippen LogP contribution is -2.18. The van der Waals surface area contributed by atoms with Gasteiger partial charge >= 0.3 is 5.97 Å². The molecule has 0 fully saturated rings. The molecule has 2 aromatic carbocycles. The van der Waals surface area contributed by atoms with Crippen molar-refractivity contribution in [3.8, 4) is 17.2 Å². The van der Waals surface area contributed by atoms with Crippen LogP contribution >= 0.6 is 0 Å². The summed E-state index contributed by atoms with van der Waals surface area (Å²) >= 11 is 0. The Morgan fingerprint density at radius 2 is 1.59 bits per heavy atom. The van der Waals surface area contributed by atoms with E-state index in [0.717, 1.165) is 0 Å². The maximum absolute atomic E-state index is 12.5. The summed E-state index contributed by atoms with van der Waals surface area (Å²) in [5.74, 6) is -0.352. The van der Waals surface area contributed by atoms with Crippen LogP contribution in [-0.2, 0) is 0 Å². The fourth-order valence-electron chi connectivity index (χ4n) is 2.55. The van der Waals surface area contributed by atoms with Crippen LogP contribution in [0, 0.1) is 0 Å². The number of carbonyl (C=O) groups excluding carboxylic acids is 1. The molecular weight excluding hydrogens is 376 g/mol. The van der Waals surface area contributed by atoms with Gasteiger partial charge in [-0.3, -0.25) is 4.79 Å². The van der Waals surface area contributed by atoms with Gasteiger partial charge in [0, 0.05) is 11.1 Å². The Hall–Kier alpha value is -3.55. The summed E-state index contributed by atoms with van der Waals surface area (Å²) in [6.07, 6.45) is 1.28. The topological polar surface area (TPSA) is 106 Å². The monoisotopic (exact) mass is 400 g/mol. The molecule has 154 valence electrons. The number of carbonyl (C=O) groups is 2. The van der Waals surface area contributed by atoms with Crippen molar-refractivity contribution in [3.05, 3.63) is 53.1 Å². The van der Waals surface area contributed by atoms with Crippen LogP contribution in [0.15, 0.2) is 41.5 Å². The second-order valence-electron chi connectivity index (χ2n) is 5.69. The van der Waals surface area contributed by atoms with Crippen molar-refractivity contribution in [3.63, 3.8) is 0 Å². The molecule has 0 radical (unpaired) electrons. The van der Waals surface area contributed by atoms with E-state index in [1.165, 1.54) is 12.3 Å². The Balaban J connectivity index is 2.27. The predicted octanol–water partition coefficient (Wildman–Crippen LogP) is 3.34. The lowest BCUT2D eigenvalue weighted by molar-refractivity contribution is 0.0696. The average Bonchev–Trinajstić information content (AvgIpc) is 2.70. The summed E-state index contributed by atoms with van der Waals surface area (Å²) in [4.78, 5) is 23.8. The highest BCUT2D eigenvalue weighted by Gasteiger charge is 2.18. The number of carboxylic acid groups (broad SMARTS) is 1. The minimum atomic E-state index is -1.08. The molecule has 8 nitrogen and oxygen atoms in total. The molecular formula is C21H24N2O6. The van der Waals surface area contributed by atoms with Crippen molar-refractivity contribution in [2.75, 3.05) is 19.8 Å². The van der Waals surface area contributed by atoms with Crippen molar-refractivity contribution in [1.29, 1.82) is 0 Å². The van der Waals surface area contributed by atoms with E-state index in [9.17, 15) is 14.7 Å². The number of hydrogen-bond donors (Lipinski definition) is 2. The Morgan fingerprint density at radius 3 is 2.14 bits per heavy atom. The van der Waals surface area contributed by atoms with Crippen LogP contribution in [0.5, 0.6) is 17.2 Å². The number of rotatable bonds is 10. The zero-order valence-corrected chi connectivity index (χ0v) is 16.6. The molecule has 0 spiro atoms.